The van der Waals surface area contributed by atoms with Gasteiger partial charge in [-0.15, -0.1) is 0 Å². The lowest BCUT2D eigenvalue weighted by molar-refractivity contribution is -0.116. The lowest BCUT2D eigenvalue weighted by Crippen LogP contribution is -2.15. The molecule has 1 aliphatic rings. The van der Waals surface area contributed by atoms with Gasteiger partial charge in [-0.1, -0.05) is 12.1 Å². The van der Waals surface area contributed by atoms with Crippen LogP contribution < -0.4 is 19.5 Å². The summed E-state index contributed by atoms with van der Waals surface area (Å²) in [6.07, 6.45) is 0.114. The van der Waals surface area contributed by atoms with E-state index in [4.69, 9.17) is 14.2 Å². The van der Waals surface area contributed by atoms with Crippen LogP contribution in [0.4, 0.5) is 10.1 Å². The summed E-state index contributed by atoms with van der Waals surface area (Å²) >= 11 is 0. The third kappa shape index (κ3) is 3.28. The molecule has 0 radical (unpaired) electrons. The average Bonchev–Trinajstić information content (AvgIpc) is 2.97. The molecule has 114 valence electrons. The van der Waals surface area contributed by atoms with Crippen molar-refractivity contribution in [1.82, 2.24) is 0 Å². The van der Waals surface area contributed by atoms with Crippen LogP contribution in [-0.4, -0.2) is 19.3 Å². The number of halogens is 1. The second-order valence-electron chi connectivity index (χ2n) is 4.65. The minimum atomic E-state index is -0.446. The number of hydrogen-bond acceptors (Lipinski definition) is 4. The number of rotatable bonds is 5. The van der Waals surface area contributed by atoms with Gasteiger partial charge < -0.3 is 19.5 Å². The summed E-state index contributed by atoms with van der Waals surface area (Å²) in [4.78, 5) is 11.8. The van der Waals surface area contributed by atoms with E-state index in [-0.39, 0.29) is 31.5 Å². The summed E-state index contributed by atoms with van der Waals surface area (Å²) in [5.74, 6) is 0.716. The predicted molar refractivity (Wildman–Crippen MR) is 77.7 cm³/mol. The Bertz CT molecular complexity index is 690. The molecule has 1 aliphatic heterocycles. The number of amides is 1. The van der Waals surface area contributed by atoms with Crippen LogP contribution in [0.5, 0.6) is 17.2 Å². The molecule has 0 spiro atoms. The van der Waals surface area contributed by atoms with E-state index in [1.807, 2.05) is 0 Å². The van der Waals surface area contributed by atoms with Gasteiger partial charge in [0.25, 0.3) is 0 Å². The summed E-state index contributed by atoms with van der Waals surface area (Å²) in [6, 6.07) is 11.2. The Morgan fingerprint density at radius 3 is 2.86 bits per heavy atom. The second-order valence-corrected chi connectivity index (χ2v) is 4.65. The fraction of sp³-hybridized carbons (Fsp3) is 0.188. The van der Waals surface area contributed by atoms with Gasteiger partial charge in [0, 0.05) is 11.8 Å². The number of hydrogen-bond donors (Lipinski definition) is 1. The third-order valence-corrected chi connectivity index (χ3v) is 3.08. The quantitative estimate of drug-likeness (QED) is 0.922. The number of fused-ring (bicyclic) bond motifs is 1. The van der Waals surface area contributed by atoms with Gasteiger partial charge >= 0.3 is 0 Å². The van der Waals surface area contributed by atoms with Crippen molar-refractivity contribution >= 4 is 11.6 Å². The molecule has 0 aromatic heterocycles. The number of benzene rings is 2. The second kappa shape index (κ2) is 6.34. The van der Waals surface area contributed by atoms with Crippen molar-refractivity contribution < 1.29 is 23.4 Å². The highest BCUT2D eigenvalue weighted by molar-refractivity contribution is 5.91. The number of para-hydroxylation sites is 1. The van der Waals surface area contributed by atoms with E-state index in [0.717, 1.165) is 0 Å². The molecule has 1 N–H and O–H groups in total. The molecule has 0 saturated heterocycles. The van der Waals surface area contributed by atoms with Gasteiger partial charge in [-0.3, -0.25) is 4.79 Å². The Morgan fingerprint density at radius 1 is 1.18 bits per heavy atom. The van der Waals surface area contributed by atoms with Gasteiger partial charge in [-0.2, -0.15) is 0 Å². The Hall–Kier alpha value is -2.76. The standard InChI is InChI=1S/C16H14FNO4/c17-12-3-1-2-4-13(12)20-8-7-16(19)18-11-5-6-14-15(9-11)22-10-21-14/h1-6,9H,7-8,10H2,(H,18,19). The summed E-state index contributed by atoms with van der Waals surface area (Å²) in [5, 5.41) is 2.72. The molecular formula is C16H14FNO4. The van der Waals surface area contributed by atoms with Crippen LogP contribution in [0, 0.1) is 5.82 Å². The topological polar surface area (TPSA) is 56.8 Å². The third-order valence-electron chi connectivity index (χ3n) is 3.08. The van der Waals surface area contributed by atoms with Gasteiger partial charge in [0.1, 0.15) is 0 Å². The number of nitrogens with one attached hydrogen (secondary N) is 1. The van der Waals surface area contributed by atoms with E-state index < -0.39 is 5.82 Å². The molecule has 5 nitrogen and oxygen atoms in total. The number of ether oxygens (including phenoxy) is 3. The number of anilines is 1. The highest BCUT2D eigenvalue weighted by Gasteiger charge is 2.14. The molecule has 22 heavy (non-hydrogen) atoms. The van der Waals surface area contributed by atoms with Crippen LogP contribution in [0.2, 0.25) is 0 Å². The van der Waals surface area contributed by atoms with Crippen LogP contribution in [0.15, 0.2) is 42.5 Å². The lowest BCUT2D eigenvalue weighted by Gasteiger charge is -2.08. The van der Waals surface area contributed by atoms with Crippen LogP contribution in [-0.2, 0) is 4.79 Å². The van der Waals surface area contributed by atoms with E-state index in [1.165, 1.54) is 12.1 Å². The summed E-state index contributed by atoms with van der Waals surface area (Å²) in [6.45, 7) is 0.278. The number of carbonyl (C=O) groups is 1. The van der Waals surface area contributed by atoms with Crippen LogP contribution >= 0.6 is 0 Å². The average molecular weight is 303 g/mol. The minimum absolute atomic E-state index is 0.0946. The molecule has 2 aromatic rings. The molecule has 6 heteroatoms. The first kappa shape index (κ1) is 14.2. The summed E-state index contributed by atoms with van der Waals surface area (Å²) in [7, 11) is 0. The molecule has 0 saturated carbocycles. The molecule has 3 rings (SSSR count). The Morgan fingerprint density at radius 2 is 2.00 bits per heavy atom. The van der Waals surface area contributed by atoms with E-state index in [1.54, 1.807) is 30.3 Å². The fourth-order valence-corrected chi connectivity index (χ4v) is 2.01. The van der Waals surface area contributed by atoms with Crippen LogP contribution in [0.1, 0.15) is 6.42 Å². The Labute approximate surface area is 126 Å². The first-order chi connectivity index (χ1) is 10.7. The molecule has 2 aromatic carbocycles. The highest BCUT2D eigenvalue weighted by Crippen LogP contribution is 2.34. The van der Waals surface area contributed by atoms with Gasteiger partial charge in [-0.25, -0.2) is 4.39 Å². The van der Waals surface area contributed by atoms with E-state index in [9.17, 15) is 9.18 Å². The highest BCUT2D eigenvalue weighted by atomic mass is 19.1. The smallest absolute Gasteiger partial charge is 0.231 e. The molecule has 0 atom stereocenters. The SMILES string of the molecule is O=C(CCOc1ccccc1F)Nc1ccc2c(c1)OCO2. The van der Waals surface area contributed by atoms with Crippen LogP contribution in [0.3, 0.4) is 0 Å². The molecular weight excluding hydrogens is 289 g/mol. The molecule has 0 aliphatic carbocycles. The van der Waals surface area contributed by atoms with Crippen LogP contribution in [0.25, 0.3) is 0 Å². The van der Waals surface area contributed by atoms with Crippen molar-refractivity contribution in [1.29, 1.82) is 0 Å². The zero-order valence-corrected chi connectivity index (χ0v) is 11.7. The fourth-order valence-electron chi connectivity index (χ4n) is 2.01. The maximum atomic E-state index is 13.3. The van der Waals surface area contributed by atoms with Gasteiger partial charge in [0.05, 0.1) is 13.0 Å². The summed E-state index contributed by atoms with van der Waals surface area (Å²) < 4.78 is 29.0. The molecule has 0 unspecified atom stereocenters. The molecule has 1 amide bonds. The molecule has 1 heterocycles. The normalized spacial score (nSPS) is 12.0. The van der Waals surface area contributed by atoms with E-state index in [2.05, 4.69) is 5.32 Å². The van der Waals surface area contributed by atoms with Crippen molar-refractivity contribution in [2.75, 3.05) is 18.7 Å². The minimum Gasteiger partial charge on any atom is -0.490 e. The lowest BCUT2D eigenvalue weighted by atomic mass is 10.2. The van der Waals surface area contributed by atoms with Gasteiger partial charge in [0.2, 0.25) is 12.7 Å². The Kier molecular flexibility index (Phi) is 4.09. The maximum absolute atomic E-state index is 13.3. The van der Waals surface area contributed by atoms with Crippen molar-refractivity contribution in [3.63, 3.8) is 0 Å². The number of carbonyl (C=O) groups excluding carboxylic acids is 1. The van der Waals surface area contributed by atoms with Crippen molar-refractivity contribution in [3.05, 3.63) is 48.3 Å². The largest absolute Gasteiger partial charge is 0.490 e. The van der Waals surface area contributed by atoms with Crippen molar-refractivity contribution in [2.45, 2.75) is 6.42 Å². The van der Waals surface area contributed by atoms with Crippen molar-refractivity contribution in [2.24, 2.45) is 0 Å². The zero-order chi connectivity index (χ0) is 15.4. The predicted octanol–water partition coefficient (Wildman–Crippen LogP) is 2.96. The Balaban J connectivity index is 1.49. The molecule has 0 fully saturated rings. The first-order valence-electron chi connectivity index (χ1n) is 6.79. The maximum Gasteiger partial charge on any atom is 0.231 e. The van der Waals surface area contributed by atoms with Gasteiger partial charge in [-0.05, 0) is 24.3 Å². The van der Waals surface area contributed by atoms with Gasteiger partial charge in [0.15, 0.2) is 23.1 Å². The van der Waals surface area contributed by atoms with Crippen molar-refractivity contribution in [3.8, 4) is 17.2 Å². The monoisotopic (exact) mass is 303 g/mol. The first-order valence-corrected chi connectivity index (χ1v) is 6.79. The summed E-state index contributed by atoms with van der Waals surface area (Å²) in [5.41, 5.74) is 0.611. The van der Waals surface area contributed by atoms with E-state index >= 15 is 0 Å². The van der Waals surface area contributed by atoms with E-state index in [0.29, 0.717) is 17.2 Å². The zero-order valence-electron chi connectivity index (χ0n) is 11.7. The molecule has 0 bridgehead atoms.